The van der Waals surface area contributed by atoms with Crippen molar-refractivity contribution in [3.05, 3.63) is 82.9 Å². The number of hydrogen-bond acceptors (Lipinski definition) is 2. The van der Waals surface area contributed by atoms with Gasteiger partial charge in [-0.1, -0.05) is 76.2 Å². The number of carbonyl (C=O) groups excluding carboxylic acids is 2. The third-order valence-electron chi connectivity index (χ3n) is 4.33. The van der Waals surface area contributed by atoms with Gasteiger partial charge in [-0.2, -0.15) is 0 Å². The van der Waals surface area contributed by atoms with Crippen LogP contribution in [0, 0.1) is 0 Å². The van der Waals surface area contributed by atoms with Gasteiger partial charge in [0, 0.05) is 18.2 Å². The van der Waals surface area contributed by atoms with Gasteiger partial charge in [-0.15, -0.1) is 0 Å². The molecule has 0 spiro atoms. The number of amides is 1. The van der Waals surface area contributed by atoms with Crippen molar-refractivity contribution in [1.82, 2.24) is 5.32 Å². The minimum atomic E-state index is -0.271. The Balaban J connectivity index is 2.06. The Bertz CT molecular complexity index is 789. The van der Waals surface area contributed by atoms with Crippen molar-refractivity contribution in [2.24, 2.45) is 0 Å². The Labute approximate surface area is 156 Å². The van der Waals surface area contributed by atoms with Gasteiger partial charge in [0.1, 0.15) is 0 Å². The molecule has 0 unspecified atom stereocenters. The number of nitrogens with one attached hydrogen (secondary N) is 1. The molecule has 3 nitrogen and oxygen atoms in total. The minimum Gasteiger partial charge on any atom is -0.348 e. The largest absolute Gasteiger partial charge is 0.348 e. The first kappa shape index (κ1) is 19.6. The van der Waals surface area contributed by atoms with E-state index in [9.17, 15) is 9.59 Å². The van der Waals surface area contributed by atoms with Crippen LogP contribution in [0.15, 0.2) is 60.7 Å². The summed E-state index contributed by atoms with van der Waals surface area (Å²) in [5, 5.41) is 2.79. The molecule has 0 aliphatic rings. The van der Waals surface area contributed by atoms with Crippen LogP contribution in [0.25, 0.3) is 0 Å². The number of rotatable bonds is 7. The van der Waals surface area contributed by atoms with Gasteiger partial charge in [0.05, 0.1) is 0 Å². The van der Waals surface area contributed by atoms with Crippen molar-refractivity contribution < 1.29 is 9.59 Å². The summed E-state index contributed by atoms with van der Waals surface area (Å²) in [4.78, 5) is 24.5. The smallest absolute Gasteiger partial charge is 0.244 e. The summed E-state index contributed by atoms with van der Waals surface area (Å²) < 4.78 is 0. The van der Waals surface area contributed by atoms with Crippen molar-refractivity contribution in [2.45, 2.75) is 46.1 Å². The van der Waals surface area contributed by atoms with E-state index < -0.39 is 0 Å². The van der Waals surface area contributed by atoms with Gasteiger partial charge in [-0.25, -0.2) is 0 Å². The first-order valence-electron chi connectivity index (χ1n) is 9.06. The van der Waals surface area contributed by atoms with E-state index in [-0.39, 0.29) is 17.6 Å². The molecule has 0 aromatic heterocycles. The van der Waals surface area contributed by atoms with Crippen LogP contribution in [0.2, 0.25) is 0 Å². The van der Waals surface area contributed by atoms with E-state index in [1.54, 1.807) is 0 Å². The highest BCUT2D eigenvalue weighted by Gasteiger charge is 2.14. The lowest BCUT2D eigenvalue weighted by molar-refractivity contribution is -0.116. The molecule has 1 N–H and O–H groups in total. The van der Waals surface area contributed by atoms with E-state index >= 15 is 0 Å². The van der Waals surface area contributed by atoms with Crippen molar-refractivity contribution in [2.75, 3.05) is 0 Å². The van der Waals surface area contributed by atoms with E-state index in [2.05, 4.69) is 39.1 Å². The van der Waals surface area contributed by atoms with Gasteiger partial charge in [-0.3, -0.25) is 9.59 Å². The Morgan fingerprint density at radius 3 is 2.23 bits per heavy atom. The van der Waals surface area contributed by atoms with Gasteiger partial charge >= 0.3 is 0 Å². The molecule has 0 aliphatic carbocycles. The standard InChI is InChI=1S/C23H27NO2/c1-16(2)19-10-11-20(21(14-19)17(3)4)22(25)12-13-23(26)24-15-18-8-6-5-7-9-18/h5-14,16-17H,15H2,1-4H3,(H,24,26)/b13-12+. The molecule has 0 heterocycles. The summed E-state index contributed by atoms with van der Waals surface area (Å²) in [6.45, 7) is 8.87. The third kappa shape index (κ3) is 5.41. The number of carbonyl (C=O) groups is 2. The number of hydrogen-bond donors (Lipinski definition) is 1. The van der Waals surface area contributed by atoms with E-state index in [0.717, 1.165) is 11.1 Å². The first-order valence-corrected chi connectivity index (χ1v) is 9.06. The normalized spacial score (nSPS) is 11.3. The van der Waals surface area contributed by atoms with Crippen LogP contribution in [0.5, 0.6) is 0 Å². The van der Waals surface area contributed by atoms with Gasteiger partial charge in [0.2, 0.25) is 5.91 Å². The van der Waals surface area contributed by atoms with Gasteiger partial charge < -0.3 is 5.32 Å². The van der Waals surface area contributed by atoms with Crippen LogP contribution in [-0.4, -0.2) is 11.7 Å². The summed E-state index contributed by atoms with van der Waals surface area (Å²) in [7, 11) is 0. The highest BCUT2D eigenvalue weighted by Crippen LogP contribution is 2.25. The highest BCUT2D eigenvalue weighted by molar-refractivity contribution is 6.08. The quantitative estimate of drug-likeness (QED) is 0.565. The summed E-state index contributed by atoms with van der Waals surface area (Å²) in [5.74, 6) is 0.245. The monoisotopic (exact) mass is 349 g/mol. The molecule has 2 aromatic carbocycles. The molecule has 136 valence electrons. The van der Waals surface area contributed by atoms with Crippen LogP contribution in [0.3, 0.4) is 0 Å². The lowest BCUT2D eigenvalue weighted by Crippen LogP contribution is -2.20. The fourth-order valence-corrected chi connectivity index (χ4v) is 2.73. The number of ketones is 1. The highest BCUT2D eigenvalue weighted by atomic mass is 16.1. The Morgan fingerprint density at radius 1 is 0.923 bits per heavy atom. The zero-order valence-electron chi connectivity index (χ0n) is 16.0. The molecule has 0 radical (unpaired) electrons. The predicted molar refractivity (Wildman–Crippen MR) is 106 cm³/mol. The van der Waals surface area contributed by atoms with Crippen molar-refractivity contribution in [3.8, 4) is 0 Å². The van der Waals surface area contributed by atoms with Crippen LogP contribution in [-0.2, 0) is 11.3 Å². The van der Waals surface area contributed by atoms with Crippen molar-refractivity contribution in [3.63, 3.8) is 0 Å². The summed E-state index contributed by atoms with van der Waals surface area (Å²) in [5.41, 5.74) is 3.92. The zero-order valence-corrected chi connectivity index (χ0v) is 16.0. The van der Waals surface area contributed by atoms with Gasteiger partial charge in [-0.05, 0) is 34.6 Å². The van der Waals surface area contributed by atoms with Crippen LogP contribution in [0.1, 0.15) is 66.6 Å². The Hall–Kier alpha value is -2.68. The molecule has 0 atom stereocenters. The molecule has 1 amide bonds. The molecular weight excluding hydrogens is 322 g/mol. The fraction of sp³-hybridized carbons (Fsp3) is 0.304. The molecule has 2 aromatic rings. The van der Waals surface area contributed by atoms with Crippen LogP contribution >= 0.6 is 0 Å². The van der Waals surface area contributed by atoms with E-state index in [0.29, 0.717) is 18.0 Å². The average Bonchev–Trinajstić information content (AvgIpc) is 2.64. The average molecular weight is 349 g/mol. The second-order valence-corrected chi connectivity index (χ2v) is 7.06. The first-order chi connectivity index (χ1) is 12.4. The molecule has 0 bridgehead atoms. The third-order valence-corrected chi connectivity index (χ3v) is 4.33. The van der Waals surface area contributed by atoms with Gasteiger partial charge in [0.15, 0.2) is 5.78 Å². The Morgan fingerprint density at radius 2 is 1.62 bits per heavy atom. The lowest BCUT2D eigenvalue weighted by atomic mass is 9.90. The predicted octanol–water partition coefficient (Wildman–Crippen LogP) is 4.99. The number of benzene rings is 2. The molecule has 0 aliphatic heterocycles. The minimum absolute atomic E-state index is 0.140. The molecule has 0 saturated carbocycles. The summed E-state index contributed by atoms with van der Waals surface area (Å²) in [6, 6.07) is 15.6. The maximum Gasteiger partial charge on any atom is 0.244 e. The van der Waals surface area contributed by atoms with Crippen LogP contribution < -0.4 is 5.32 Å². The maximum absolute atomic E-state index is 12.6. The maximum atomic E-state index is 12.6. The summed E-state index contributed by atoms with van der Waals surface area (Å²) >= 11 is 0. The molecule has 0 saturated heterocycles. The molecule has 3 heteroatoms. The SMILES string of the molecule is CC(C)c1ccc(C(=O)/C=C/C(=O)NCc2ccccc2)c(C(C)C)c1. The molecule has 2 rings (SSSR count). The van der Waals surface area contributed by atoms with Crippen molar-refractivity contribution >= 4 is 11.7 Å². The second kappa shape index (κ2) is 9.14. The Kier molecular flexibility index (Phi) is 6.90. The molecule has 26 heavy (non-hydrogen) atoms. The van der Waals surface area contributed by atoms with E-state index in [4.69, 9.17) is 0 Å². The number of allylic oxidation sites excluding steroid dienone is 1. The van der Waals surface area contributed by atoms with Crippen LogP contribution in [0.4, 0.5) is 0 Å². The molecule has 0 fully saturated rings. The zero-order chi connectivity index (χ0) is 19.1. The fourth-order valence-electron chi connectivity index (χ4n) is 2.73. The summed E-state index contributed by atoms with van der Waals surface area (Å²) in [6.07, 6.45) is 2.67. The van der Waals surface area contributed by atoms with E-state index in [1.807, 2.05) is 42.5 Å². The topological polar surface area (TPSA) is 46.2 Å². The second-order valence-electron chi connectivity index (χ2n) is 7.06. The van der Waals surface area contributed by atoms with E-state index in [1.165, 1.54) is 17.7 Å². The molecular formula is C23H27NO2. The van der Waals surface area contributed by atoms with Gasteiger partial charge in [0.25, 0.3) is 0 Å². The van der Waals surface area contributed by atoms with Crippen molar-refractivity contribution in [1.29, 1.82) is 0 Å². The lowest BCUT2D eigenvalue weighted by Gasteiger charge is -2.14.